The number of nitrogens with one attached hydrogen (secondary N) is 1. The van der Waals surface area contributed by atoms with Gasteiger partial charge in [-0.2, -0.15) is 0 Å². The monoisotopic (exact) mass is 453 g/mol. The van der Waals surface area contributed by atoms with Gasteiger partial charge in [-0.05, 0) is 35.9 Å². The number of carbonyl (C=O) groups is 1. The Balaban J connectivity index is 1.39. The van der Waals surface area contributed by atoms with E-state index >= 15 is 0 Å². The largest absolute Gasteiger partial charge is 0.497 e. The lowest BCUT2D eigenvalue weighted by Gasteiger charge is -2.35. The van der Waals surface area contributed by atoms with Gasteiger partial charge in [0.25, 0.3) is 0 Å². The van der Waals surface area contributed by atoms with Crippen LogP contribution in [0.15, 0.2) is 72.9 Å². The molecule has 7 nitrogen and oxygen atoms in total. The molecule has 1 amide bonds. The van der Waals surface area contributed by atoms with Crippen LogP contribution in [0.1, 0.15) is 6.92 Å². The van der Waals surface area contributed by atoms with Crippen LogP contribution in [0, 0.1) is 0 Å². The van der Waals surface area contributed by atoms with Crippen molar-refractivity contribution in [1.29, 1.82) is 0 Å². The Morgan fingerprint density at radius 1 is 0.971 bits per heavy atom. The minimum atomic E-state index is 0.137. The molecule has 7 heteroatoms. The molecule has 1 aromatic heterocycles. The average molecular weight is 454 g/mol. The van der Waals surface area contributed by atoms with Gasteiger partial charge in [0.15, 0.2) is 0 Å². The van der Waals surface area contributed by atoms with E-state index in [1.165, 1.54) is 0 Å². The minimum absolute atomic E-state index is 0.137. The van der Waals surface area contributed by atoms with E-state index in [0.29, 0.717) is 5.95 Å². The van der Waals surface area contributed by atoms with Crippen molar-refractivity contribution in [3.63, 3.8) is 0 Å². The van der Waals surface area contributed by atoms with Gasteiger partial charge in [-0.15, -0.1) is 0 Å². The highest BCUT2D eigenvalue weighted by Crippen LogP contribution is 2.30. The van der Waals surface area contributed by atoms with Crippen LogP contribution in [0.4, 0.5) is 17.3 Å². The van der Waals surface area contributed by atoms with Crippen LogP contribution >= 0.6 is 0 Å². The van der Waals surface area contributed by atoms with Crippen LogP contribution in [0.2, 0.25) is 0 Å². The van der Waals surface area contributed by atoms with E-state index in [1.807, 2.05) is 59.6 Å². The van der Waals surface area contributed by atoms with Crippen LogP contribution in [0.3, 0.4) is 0 Å². The third-order valence-electron chi connectivity index (χ3n) is 6.20. The first-order valence-corrected chi connectivity index (χ1v) is 11.4. The van der Waals surface area contributed by atoms with Gasteiger partial charge in [-0.1, -0.05) is 36.4 Å². The van der Waals surface area contributed by atoms with Gasteiger partial charge in [0.05, 0.1) is 12.6 Å². The van der Waals surface area contributed by atoms with Crippen molar-refractivity contribution in [2.75, 3.05) is 43.5 Å². The number of piperazine rings is 1. The molecule has 1 N–H and O–H groups in total. The van der Waals surface area contributed by atoms with Crippen LogP contribution in [0.25, 0.3) is 22.0 Å². The Hall–Kier alpha value is -4.13. The Morgan fingerprint density at radius 2 is 1.74 bits per heavy atom. The molecule has 0 aliphatic carbocycles. The highest BCUT2D eigenvalue weighted by molar-refractivity contribution is 5.94. The van der Waals surface area contributed by atoms with Crippen LogP contribution in [-0.4, -0.2) is 54.1 Å². The predicted molar refractivity (Wildman–Crippen MR) is 136 cm³/mol. The zero-order chi connectivity index (χ0) is 23.5. The third kappa shape index (κ3) is 4.50. The summed E-state index contributed by atoms with van der Waals surface area (Å²) < 4.78 is 5.29. The SMILES string of the molecule is COc1ccc(-c2cccc3cnc(Nc4cccc(N5CCN(C(C)=O)CC5)c4)nc23)cc1. The molecular weight excluding hydrogens is 426 g/mol. The molecule has 34 heavy (non-hydrogen) atoms. The number of rotatable bonds is 5. The molecule has 3 aromatic carbocycles. The number of fused-ring (bicyclic) bond motifs is 1. The smallest absolute Gasteiger partial charge is 0.227 e. The molecule has 1 aliphatic rings. The quantitative estimate of drug-likeness (QED) is 0.472. The van der Waals surface area contributed by atoms with Crippen LogP contribution in [-0.2, 0) is 4.79 Å². The van der Waals surface area contributed by atoms with Crippen molar-refractivity contribution >= 4 is 34.1 Å². The second-order valence-corrected chi connectivity index (χ2v) is 8.33. The molecule has 1 fully saturated rings. The topological polar surface area (TPSA) is 70.6 Å². The predicted octanol–water partition coefficient (Wildman–Crippen LogP) is 4.72. The number of benzene rings is 3. The molecule has 0 bridgehead atoms. The normalized spacial score (nSPS) is 13.7. The molecule has 4 aromatic rings. The minimum Gasteiger partial charge on any atom is -0.497 e. The van der Waals surface area contributed by atoms with E-state index in [2.05, 4.69) is 33.4 Å². The lowest BCUT2D eigenvalue weighted by atomic mass is 10.0. The maximum absolute atomic E-state index is 11.6. The fraction of sp³-hybridized carbons (Fsp3) is 0.222. The number of para-hydroxylation sites is 1. The lowest BCUT2D eigenvalue weighted by molar-refractivity contribution is -0.129. The summed E-state index contributed by atoms with van der Waals surface area (Å²) in [7, 11) is 1.67. The number of amides is 1. The number of ether oxygens (including phenoxy) is 1. The van der Waals surface area contributed by atoms with Crippen LogP contribution in [0.5, 0.6) is 5.75 Å². The number of carbonyl (C=O) groups excluding carboxylic acids is 1. The highest BCUT2D eigenvalue weighted by Gasteiger charge is 2.19. The van der Waals surface area contributed by atoms with Gasteiger partial charge in [0.1, 0.15) is 5.75 Å². The number of hydrogen-bond donors (Lipinski definition) is 1. The number of nitrogens with zero attached hydrogens (tertiary/aromatic N) is 4. The Bertz CT molecular complexity index is 1310. The second kappa shape index (κ2) is 9.39. The molecule has 172 valence electrons. The summed E-state index contributed by atoms with van der Waals surface area (Å²) >= 11 is 0. The maximum Gasteiger partial charge on any atom is 0.227 e. The van der Waals surface area contributed by atoms with Crippen molar-refractivity contribution in [3.8, 4) is 16.9 Å². The second-order valence-electron chi connectivity index (χ2n) is 8.33. The summed E-state index contributed by atoms with van der Waals surface area (Å²) in [4.78, 5) is 25.2. The summed E-state index contributed by atoms with van der Waals surface area (Å²) in [5.74, 6) is 1.51. The number of methoxy groups -OCH3 is 1. The van der Waals surface area contributed by atoms with Gasteiger partial charge < -0.3 is 19.9 Å². The first kappa shape index (κ1) is 21.7. The highest BCUT2D eigenvalue weighted by atomic mass is 16.5. The van der Waals surface area contributed by atoms with Crippen molar-refractivity contribution < 1.29 is 9.53 Å². The van der Waals surface area contributed by atoms with Gasteiger partial charge >= 0.3 is 0 Å². The summed E-state index contributed by atoms with van der Waals surface area (Å²) in [5, 5.41) is 4.35. The Morgan fingerprint density at radius 3 is 2.47 bits per heavy atom. The molecule has 0 saturated carbocycles. The molecule has 5 rings (SSSR count). The molecule has 0 spiro atoms. The number of anilines is 3. The van der Waals surface area contributed by atoms with E-state index in [4.69, 9.17) is 9.72 Å². The van der Waals surface area contributed by atoms with E-state index < -0.39 is 0 Å². The summed E-state index contributed by atoms with van der Waals surface area (Å²) in [6, 6.07) is 22.3. The molecule has 1 saturated heterocycles. The summed E-state index contributed by atoms with van der Waals surface area (Å²) in [6.07, 6.45) is 1.85. The molecular formula is C27H27N5O2. The van der Waals surface area contributed by atoms with E-state index in [0.717, 1.165) is 65.3 Å². The fourth-order valence-corrected chi connectivity index (χ4v) is 4.31. The van der Waals surface area contributed by atoms with Gasteiger partial charge in [-0.25, -0.2) is 9.97 Å². The standard InChI is InChI=1S/C27H27N5O2/c1-19(33)31-13-15-32(16-14-31)23-7-4-6-22(17-23)29-27-28-18-21-5-3-8-25(26(21)30-27)20-9-11-24(34-2)12-10-20/h3-12,17-18H,13-16H2,1-2H3,(H,28,29,30). The Labute approximate surface area is 199 Å². The number of aromatic nitrogens is 2. The zero-order valence-corrected chi connectivity index (χ0v) is 19.4. The number of hydrogen-bond acceptors (Lipinski definition) is 6. The van der Waals surface area contributed by atoms with Crippen LogP contribution < -0.4 is 15.0 Å². The van der Waals surface area contributed by atoms with Crippen molar-refractivity contribution in [3.05, 3.63) is 72.9 Å². The van der Waals surface area contributed by atoms with Gasteiger partial charge in [0, 0.05) is 61.6 Å². The van der Waals surface area contributed by atoms with Gasteiger partial charge in [-0.3, -0.25) is 4.79 Å². The van der Waals surface area contributed by atoms with Gasteiger partial charge in [0.2, 0.25) is 11.9 Å². The van der Waals surface area contributed by atoms with E-state index in [1.54, 1.807) is 14.0 Å². The Kier molecular flexibility index (Phi) is 5.99. The van der Waals surface area contributed by atoms with E-state index in [9.17, 15) is 4.79 Å². The summed E-state index contributed by atoms with van der Waals surface area (Å²) in [5.41, 5.74) is 5.05. The molecule has 0 unspecified atom stereocenters. The van der Waals surface area contributed by atoms with Crippen molar-refractivity contribution in [2.24, 2.45) is 0 Å². The first-order chi connectivity index (χ1) is 16.6. The lowest BCUT2D eigenvalue weighted by Crippen LogP contribution is -2.48. The first-order valence-electron chi connectivity index (χ1n) is 11.4. The van der Waals surface area contributed by atoms with Crippen molar-refractivity contribution in [2.45, 2.75) is 6.92 Å². The third-order valence-corrected chi connectivity index (χ3v) is 6.20. The van der Waals surface area contributed by atoms with E-state index in [-0.39, 0.29) is 5.91 Å². The molecule has 0 radical (unpaired) electrons. The maximum atomic E-state index is 11.6. The molecule has 1 aliphatic heterocycles. The zero-order valence-electron chi connectivity index (χ0n) is 19.4. The fourth-order valence-electron chi connectivity index (χ4n) is 4.31. The molecule has 2 heterocycles. The van der Waals surface area contributed by atoms with Crippen molar-refractivity contribution in [1.82, 2.24) is 14.9 Å². The summed E-state index contributed by atoms with van der Waals surface area (Å²) in [6.45, 7) is 4.76. The average Bonchev–Trinajstić information content (AvgIpc) is 2.88. The molecule has 0 atom stereocenters.